The van der Waals surface area contributed by atoms with Crippen molar-refractivity contribution in [2.75, 3.05) is 0 Å². The van der Waals surface area contributed by atoms with Gasteiger partial charge in [0.2, 0.25) is 0 Å². The molecule has 0 bridgehead atoms. The largest absolute Gasteiger partial charge is 0.462 e. The van der Waals surface area contributed by atoms with Crippen LogP contribution >= 0.6 is 0 Å². The lowest BCUT2D eigenvalue weighted by molar-refractivity contribution is -0.142. The lowest BCUT2D eigenvalue weighted by atomic mass is 9.82. The number of cyclic esters (lactones) is 1. The lowest BCUT2D eigenvalue weighted by Gasteiger charge is -2.26. The summed E-state index contributed by atoms with van der Waals surface area (Å²) in [6, 6.07) is 0. The van der Waals surface area contributed by atoms with E-state index in [1.807, 2.05) is 0 Å². The molecule has 0 aromatic rings. The molecule has 2 fully saturated rings. The SMILES string of the molecule is CCC1CCCCCC1CC1CCC(=O)O1. The Balaban J connectivity index is 1.87. The van der Waals surface area contributed by atoms with Crippen LogP contribution in [0.3, 0.4) is 0 Å². The third kappa shape index (κ3) is 2.99. The zero-order chi connectivity index (χ0) is 11.4. The predicted octanol–water partition coefficient (Wildman–Crippen LogP) is 3.69. The van der Waals surface area contributed by atoms with E-state index in [9.17, 15) is 4.79 Å². The molecule has 0 N–H and O–H groups in total. The zero-order valence-corrected chi connectivity index (χ0v) is 10.4. The molecule has 0 spiro atoms. The quantitative estimate of drug-likeness (QED) is 0.540. The van der Waals surface area contributed by atoms with Gasteiger partial charge in [-0.2, -0.15) is 0 Å². The molecule has 2 aliphatic rings. The highest BCUT2D eigenvalue weighted by atomic mass is 16.5. The molecule has 2 rings (SSSR count). The van der Waals surface area contributed by atoms with Crippen molar-refractivity contribution in [3.05, 3.63) is 0 Å². The Hall–Kier alpha value is -0.530. The fourth-order valence-corrected chi connectivity index (χ4v) is 3.40. The van der Waals surface area contributed by atoms with Gasteiger partial charge in [0, 0.05) is 6.42 Å². The Labute approximate surface area is 98.7 Å². The number of esters is 1. The van der Waals surface area contributed by atoms with Crippen molar-refractivity contribution in [3.63, 3.8) is 0 Å². The van der Waals surface area contributed by atoms with Crippen LogP contribution < -0.4 is 0 Å². The Morgan fingerprint density at radius 1 is 1.12 bits per heavy atom. The second-order valence-corrected chi connectivity index (χ2v) is 5.45. The normalized spacial score (nSPS) is 35.8. The molecule has 2 nitrogen and oxygen atoms in total. The molecular formula is C14H24O2. The molecule has 1 heterocycles. The molecule has 1 aliphatic heterocycles. The highest BCUT2D eigenvalue weighted by Gasteiger charge is 2.30. The number of hydrogen-bond acceptors (Lipinski definition) is 2. The summed E-state index contributed by atoms with van der Waals surface area (Å²) in [5.41, 5.74) is 0. The van der Waals surface area contributed by atoms with E-state index in [4.69, 9.17) is 4.74 Å². The number of carbonyl (C=O) groups excluding carboxylic acids is 1. The highest BCUT2D eigenvalue weighted by Crippen LogP contribution is 2.36. The van der Waals surface area contributed by atoms with Crippen molar-refractivity contribution in [3.8, 4) is 0 Å². The van der Waals surface area contributed by atoms with Gasteiger partial charge in [-0.1, -0.05) is 45.4 Å². The summed E-state index contributed by atoms with van der Waals surface area (Å²) in [6.07, 6.45) is 11.2. The second kappa shape index (κ2) is 5.70. The first-order chi connectivity index (χ1) is 7.79. The van der Waals surface area contributed by atoms with Gasteiger partial charge >= 0.3 is 5.97 Å². The van der Waals surface area contributed by atoms with Crippen molar-refractivity contribution in [1.29, 1.82) is 0 Å². The van der Waals surface area contributed by atoms with Crippen LogP contribution in [0.5, 0.6) is 0 Å². The minimum Gasteiger partial charge on any atom is -0.462 e. The Morgan fingerprint density at radius 3 is 2.50 bits per heavy atom. The average molecular weight is 224 g/mol. The average Bonchev–Trinajstić information content (AvgIpc) is 2.56. The fraction of sp³-hybridized carbons (Fsp3) is 0.929. The summed E-state index contributed by atoms with van der Waals surface area (Å²) in [5.74, 6) is 1.71. The summed E-state index contributed by atoms with van der Waals surface area (Å²) in [5, 5.41) is 0. The van der Waals surface area contributed by atoms with Crippen molar-refractivity contribution in [1.82, 2.24) is 0 Å². The summed E-state index contributed by atoms with van der Waals surface area (Å²) < 4.78 is 5.36. The van der Waals surface area contributed by atoms with Crippen LogP contribution in [-0.4, -0.2) is 12.1 Å². The Bertz CT molecular complexity index is 237. The first-order valence-electron chi connectivity index (χ1n) is 6.99. The fourth-order valence-electron chi connectivity index (χ4n) is 3.40. The molecule has 0 aromatic carbocycles. The molecule has 0 amide bonds. The molecule has 1 saturated carbocycles. The Kier molecular flexibility index (Phi) is 4.25. The minimum atomic E-state index is 0.0201. The van der Waals surface area contributed by atoms with Gasteiger partial charge in [0.15, 0.2) is 0 Å². The van der Waals surface area contributed by atoms with Gasteiger partial charge in [-0.3, -0.25) is 4.79 Å². The second-order valence-electron chi connectivity index (χ2n) is 5.45. The molecule has 2 heteroatoms. The van der Waals surface area contributed by atoms with E-state index in [0.717, 1.165) is 24.7 Å². The van der Waals surface area contributed by atoms with Crippen LogP contribution in [0.4, 0.5) is 0 Å². The topological polar surface area (TPSA) is 26.3 Å². The molecule has 1 aliphatic carbocycles. The van der Waals surface area contributed by atoms with E-state index in [2.05, 4.69) is 6.92 Å². The summed E-state index contributed by atoms with van der Waals surface area (Å²) in [4.78, 5) is 11.1. The summed E-state index contributed by atoms with van der Waals surface area (Å²) >= 11 is 0. The van der Waals surface area contributed by atoms with Gasteiger partial charge in [-0.25, -0.2) is 0 Å². The molecule has 0 radical (unpaired) electrons. The van der Waals surface area contributed by atoms with Crippen LogP contribution in [-0.2, 0) is 9.53 Å². The van der Waals surface area contributed by atoms with E-state index in [1.165, 1.54) is 38.5 Å². The van der Waals surface area contributed by atoms with E-state index in [1.54, 1.807) is 0 Å². The van der Waals surface area contributed by atoms with E-state index >= 15 is 0 Å². The van der Waals surface area contributed by atoms with Gasteiger partial charge in [-0.05, 0) is 24.7 Å². The maximum Gasteiger partial charge on any atom is 0.306 e. The van der Waals surface area contributed by atoms with Gasteiger partial charge < -0.3 is 4.74 Å². The maximum atomic E-state index is 11.1. The molecule has 16 heavy (non-hydrogen) atoms. The molecule has 1 saturated heterocycles. The standard InChI is InChI=1S/C14H24O2/c1-2-11-6-4-3-5-7-12(11)10-13-8-9-14(15)16-13/h11-13H,2-10H2,1H3. The summed E-state index contributed by atoms with van der Waals surface area (Å²) in [7, 11) is 0. The monoisotopic (exact) mass is 224 g/mol. The third-order valence-corrected chi connectivity index (χ3v) is 4.38. The molecule has 3 atom stereocenters. The van der Waals surface area contributed by atoms with Crippen molar-refractivity contribution in [2.45, 2.75) is 70.8 Å². The Morgan fingerprint density at radius 2 is 1.88 bits per heavy atom. The number of hydrogen-bond donors (Lipinski definition) is 0. The van der Waals surface area contributed by atoms with E-state index in [0.29, 0.717) is 6.42 Å². The summed E-state index contributed by atoms with van der Waals surface area (Å²) in [6.45, 7) is 2.31. The van der Waals surface area contributed by atoms with Crippen molar-refractivity contribution < 1.29 is 9.53 Å². The van der Waals surface area contributed by atoms with Crippen LogP contribution in [0.15, 0.2) is 0 Å². The molecule has 92 valence electrons. The minimum absolute atomic E-state index is 0.0201. The van der Waals surface area contributed by atoms with Crippen LogP contribution in [0, 0.1) is 11.8 Å². The molecular weight excluding hydrogens is 200 g/mol. The van der Waals surface area contributed by atoms with Gasteiger partial charge in [0.1, 0.15) is 6.10 Å². The van der Waals surface area contributed by atoms with Crippen LogP contribution in [0.25, 0.3) is 0 Å². The first kappa shape index (κ1) is 11.9. The lowest BCUT2D eigenvalue weighted by Crippen LogP contribution is -2.20. The van der Waals surface area contributed by atoms with Crippen LogP contribution in [0.2, 0.25) is 0 Å². The zero-order valence-electron chi connectivity index (χ0n) is 10.4. The number of rotatable bonds is 3. The number of carbonyl (C=O) groups is 1. The van der Waals surface area contributed by atoms with Gasteiger partial charge in [-0.15, -0.1) is 0 Å². The molecule has 3 unspecified atom stereocenters. The van der Waals surface area contributed by atoms with Crippen molar-refractivity contribution in [2.24, 2.45) is 11.8 Å². The predicted molar refractivity (Wildman–Crippen MR) is 64.1 cm³/mol. The van der Waals surface area contributed by atoms with Gasteiger partial charge in [0.05, 0.1) is 0 Å². The molecule has 0 aromatic heterocycles. The first-order valence-corrected chi connectivity index (χ1v) is 6.99. The van der Waals surface area contributed by atoms with Gasteiger partial charge in [0.25, 0.3) is 0 Å². The smallest absolute Gasteiger partial charge is 0.306 e. The van der Waals surface area contributed by atoms with Crippen molar-refractivity contribution >= 4 is 5.97 Å². The number of ether oxygens (including phenoxy) is 1. The van der Waals surface area contributed by atoms with E-state index < -0.39 is 0 Å². The van der Waals surface area contributed by atoms with Crippen LogP contribution in [0.1, 0.15) is 64.7 Å². The van der Waals surface area contributed by atoms with E-state index in [-0.39, 0.29) is 12.1 Å². The highest BCUT2D eigenvalue weighted by molar-refractivity contribution is 5.71. The maximum absolute atomic E-state index is 11.1. The third-order valence-electron chi connectivity index (χ3n) is 4.38.